The molecule has 0 heterocycles. The molecule has 0 radical (unpaired) electrons. The zero-order valence-corrected chi connectivity index (χ0v) is 12.1. The summed E-state index contributed by atoms with van der Waals surface area (Å²) in [6, 6.07) is 0. The molecule has 0 aliphatic heterocycles. The lowest BCUT2D eigenvalue weighted by Crippen LogP contribution is -2.29. The van der Waals surface area contributed by atoms with E-state index < -0.39 is 0 Å². The molecular formula is C14H27NO3. The predicted molar refractivity (Wildman–Crippen MR) is 72.4 cm³/mol. The molecule has 0 fully saturated rings. The van der Waals surface area contributed by atoms with Gasteiger partial charge in [0.1, 0.15) is 12.4 Å². The molecular weight excluding hydrogens is 230 g/mol. The van der Waals surface area contributed by atoms with Crippen molar-refractivity contribution in [3.8, 4) is 0 Å². The molecule has 0 saturated heterocycles. The van der Waals surface area contributed by atoms with Crippen molar-refractivity contribution in [2.24, 2.45) is 5.92 Å². The van der Waals surface area contributed by atoms with Crippen molar-refractivity contribution >= 4 is 11.7 Å². The average molecular weight is 257 g/mol. The molecule has 0 aromatic rings. The summed E-state index contributed by atoms with van der Waals surface area (Å²) < 4.78 is 5.18. The van der Waals surface area contributed by atoms with E-state index >= 15 is 0 Å². The van der Waals surface area contributed by atoms with Gasteiger partial charge in [-0.2, -0.15) is 0 Å². The van der Waals surface area contributed by atoms with Gasteiger partial charge in [-0.1, -0.05) is 20.3 Å². The molecule has 4 nitrogen and oxygen atoms in total. The van der Waals surface area contributed by atoms with Crippen LogP contribution in [-0.2, 0) is 14.3 Å². The summed E-state index contributed by atoms with van der Waals surface area (Å²) in [5.41, 5.74) is 0. The maximum Gasteiger partial charge on any atom is 0.246 e. The highest BCUT2D eigenvalue weighted by Crippen LogP contribution is 2.05. The number of hydrogen-bond donors (Lipinski definition) is 1. The maximum absolute atomic E-state index is 11.3. The smallest absolute Gasteiger partial charge is 0.246 e. The average Bonchev–Trinajstić information content (AvgIpc) is 2.30. The number of ketones is 1. The summed E-state index contributed by atoms with van der Waals surface area (Å²) in [5, 5.41) is 2.80. The van der Waals surface area contributed by atoms with Gasteiger partial charge in [-0.05, 0) is 26.7 Å². The van der Waals surface area contributed by atoms with Crippen LogP contribution in [0.3, 0.4) is 0 Å². The van der Waals surface area contributed by atoms with Crippen molar-refractivity contribution in [3.63, 3.8) is 0 Å². The first-order valence-corrected chi connectivity index (χ1v) is 6.84. The minimum absolute atomic E-state index is 0.0676. The summed E-state index contributed by atoms with van der Waals surface area (Å²) >= 11 is 0. The van der Waals surface area contributed by atoms with Crippen molar-refractivity contribution in [1.29, 1.82) is 0 Å². The van der Waals surface area contributed by atoms with Crippen LogP contribution in [0.5, 0.6) is 0 Å². The molecule has 0 aliphatic rings. The SMILES string of the molecule is CC(C)OCC(=O)NCCCCCC(=O)C(C)C. The van der Waals surface area contributed by atoms with E-state index in [2.05, 4.69) is 5.32 Å². The van der Waals surface area contributed by atoms with Gasteiger partial charge in [-0.25, -0.2) is 0 Å². The third kappa shape index (κ3) is 10.3. The Kier molecular flexibility index (Phi) is 9.56. The Hall–Kier alpha value is -0.900. The molecule has 0 spiro atoms. The number of rotatable bonds is 10. The fourth-order valence-electron chi connectivity index (χ4n) is 1.41. The van der Waals surface area contributed by atoms with Crippen molar-refractivity contribution < 1.29 is 14.3 Å². The molecule has 4 heteroatoms. The van der Waals surface area contributed by atoms with Gasteiger partial charge in [0.15, 0.2) is 0 Å². The third-order valence-corrected chi connectivity index (χ3v) is 2.61. The van der Waals surface area contributed by atoms with Gasteiger partial charge in [0.2, 0.25) is 5.91 Å². The van der Waals surface area contributed by atoms with Crippen LogP contribution in [0, 0.1) is 5.92 Å². The number of unbranched alkanes of at least 4 members (excludes halogenated alkanes) is 2. The van der Waals surface area contributed by atoms with Crippen LogP contribution >= 0.6 is 0 Å². The Bertz CT molecular complexity index is 249. The quantitative estimate of drug-likeness (QED) is 0.611. The molecule has 0 rings (SSSR count). The lowest BCUT2D eigenvalue weighted by atomic mass is 10.0. The van der Waals surface area contributed by atoms with Crippen LogP contribution in [0.4, 0.5) is 0 Å². The molecule has 0 atom stereocenters. The second-order valence-electron chi connectivity index (χ2n) is 5.14. The van der Waals surface area contributed by atoms with Crippen molar-refractivity contribution in [2.45, 2.75) is 59.5 Å². The minimum atomic E-state index is -0.0676. The second-order valence-corrected chi connectivity index (χ2v) is 5.14. The molecule has 106 valence electrons. The fourth-order valence-corrected chi connectivity index (χ4v) is 1.41. The summed E-state index contributed by atoms with van der Waals surface area (Å²) in [6.45, 7) is 8.45. The Balaban J connectivity index is 3.35. The zero-order valence-electron chi connectivity index (χ0n) is 12.1. The number of amides is 1. The number of hydrogen-bond acceptors (Lipinski definition) is 3. The normalized spacial score (nSPS) is 11.0. The second kappa shape index (κ2) is 10.1. The highest BCUT2D eigenvalue weighted by molar-refractivity contribution is 5.80. The monoisotopic (exact) mass is 257 g/mol. The molecule has 0 aromatic carbocycles. The Morgan fingerprint density at radius 3 is 2.28 bits per heavy atom. The van der Waals surface area contributed by atoms with Gasteiger partial charge in [-0.3, -0.25) is 9.59 Å². The van der Waals surface area contributed by atoms with E-state index in [1.54, 1.807) is 0 Å². The molecule has 0 bridgehead atoms. The first-order valence-electron chi connectivity index (χ1n) is 6.84. The molecule has 0 aromatic heterocycles. The molecule has 18 heavy (non-hydrogen) atoms. The minimum Gasteiger partial charge on any atom is -0.369 e. The van der Waals surface area contributed by atoms with Gasteiger partial charge < -0.3 is 10.1 Å². The van der Waals surface area contributed by atoms with E-state index in [-0.39, 0.29) is 24.5 Å². The number of nitrogens with one attached hydrogen (secondary N) is 1. The van der Waals surface area contributed by atoms with Crippen molar-refractivity contribution in [2.75, 3.05) is 13.2 Å². The maximum atomic E-state index is 11.3. The van der Waals surface area contributed by atoms with Gasteiger partial charge >= 0.3 is 0 Å². The highest BCUT2D eigenvalue weighted by atomic mass is 16.5. The first-order chi connectivity index (χ1) is 8.43. The standard InChI is InChI=1S/C14H27NO3/c1-11(2)13(16)8-6-5-7-9-15-14(17)10-18-12(3)4/h11-12H,5-10H2,1-4H3,(H,15,17). The largest absolute Gasteiger partial charge is 0.369 e. The highest BCUT2D eigenvalue weighted by Gasteiger charge is 2.06. The number of carbonyl (C=O) groups is 2. The van der Waals surface area contributed by atoms with E-state index in [4.69, 9.17) is 4.74 Å². The van der Waals surface area contributed by atoms with Gasteiger partial charge in [0, 0.05) is 18.9 Å². The lowest BCUT2D eigenvalue weighted by Gasteiger charge is -2.08. The van der Waals surface area contributed by atoms with Crippen LogP contribution in [-0.4, -0.2) is 30.9 Å². The molecule has 1 N–H and O–H groups in total. The fraction of sp³-hybridized carbons (Fsp3) is 0.857. The van der Waals surface area contributed by atoms with Crippen LogP contribution < -0.4 is 5.32 Å². The summed E-state index contributed by atoms with van der Waals surface area (Å²) in [5.74, 6) is 0.393. The van der Waals surface area contributed by atoms with E-state index in [0.717, 1.165) is 19.3 Å². The zero-order chi connectivity index (χ0) is 14.0. The van der Waals surface area contributed by atoms with E-state index in [1.165, 1.54) is 0 Å². The summed E-state index contributed by atoms with van der Waals surface area (Å²) in [6.07, 6.45) is 3.54. The van der Waals surface area contributed by atoms with Crippen molar-refractivity contribution in [1.82, 2.24) is 5.32 Å². The van der Waals surface area contributed by atoms with Crippen LogP contribution in [0.15, 0.2) is 0 Å². The van der Waals surface area contributed by atoms with Gasteiger partial charge in [0.05, 0.1) is 6.10 Å². The van der Waals surface area contributed by atoms with Crippen LogP contribution in [0.2, 0.25) is 0 Å². The Morgan fingerprint density at radius 2 is 1.72 bits per heavy atom. The van der Waals surface area contributed by atoms with Crippen LogP contribution in [0.1, 0.15) is 53.4 Å². The van der Waals surface area contributed by atoms with Crippen LogP contribution in [0.25, 0.3) is 0 Å². The molecule has 0 aliphatic carbocycles. The molecule has 1 amide bonds. The topological polar surface area (TPSA) is 55.4 Å². The molecule has 0 unspecified atom stereocenters. The Labute approximate surface area is 110 Å². The van der Waals surface area contributed by atoms with Crippen molar-refractivity contribution in [3.05, 3.63) is 0 Å². The number of carbonyl (C=O) groups excluding carboxylic acids is 2. The number of ether oxygens (including phenoxy) is 1. The van der Waals surface area contributed by atoms with Gasteiger partial charge in [0.25, 0.3) is 0 Å². The Morgan fingerprint density at radius 1 is 1.06 bits per heavy atom. The lowest BCUT2D eigenvalue weighted by molar-refractivity contribution is -0.127. The third-order valence-electron chi connectivity index (χ3n) is 2.61. The predicted octanol–water partition coefficient (Wildman–Crippen LogP) is 2.31. The van der Waals surface area contributed by atoms with E-state index in [9.17, 15) is 9.59 Å². The summed E-state index contributed by atoms with van der Waals surface area (Å²) in [7, 11) is 0. The number of Topliss-reactive ketones (excluding diaryl/α,β-unsaturated/α-hetero) is 1. The molecule has 0 saturated carbocycles. The van der Waals surface area contributed by atoms with E-state index in [1.807, 2.05) is 27.7 Å². The van der Waals surface area contributed by atoms with Gasteiger partial charge in [-0.15, -0.1) is 0 Å². The van der Waals surface area contributed by atoms with E-state index in [0.29, 0.717) is 18.7 Å². The summed E-state index contributed by atoms with van der Waals surface area (Å²) in [4.78, 5) is 22.6. The first kappa shape index (κ1) is 17.1.